The Kier molecular flexibility index (Phi) is 6.34. The van der Waals surface area contributed by atoms with E-state index in [-0.39, 0.29) is 17.0 Å². The number of fused-ring (bicyclic) bond motifs is 1. The van der Waals surface area contributed by atoms with Crippen LogP contribution < -0.4 is 21.7 Å². The van der Waals surface area contributed by atoms with E-state index >= 15 is 0 Å². The third-order valence-corrected chi connectivity index (χ3v) is 5.52. The van der Waals surface area contributed by atoms with E-state index in [0.29, 0.717) is 5.56 Å². The predicted molar refractivity (Wildman–Crippen MR) is 102 cm³/mol. The van der Waals surface area contributed by atoms with Crippen molar-refractivity contribution >= 4 is 15.9 Å². The molecule has 1 aliphatic rings. The Labute approximate surface area is 180 Å². The van der Waals surface area contributed by atoms with Crippen LogP contribution in [0.5, 0.6) is 0 Å². The smallest absolute Gasteiger partial charge is 0.416 e. The second-order valence-electron chi connectivity index (χ2n) is 6.81. The SMILES string of the molecule is FC(F)(F)c1cccc(-c2cc(-c3ccc(Br)cc3)n3[n+]2CCCCC3)c1.[Br-]. The van der Waals surface area contributed by atoms with Gasteiger partial charge in [0.15, 0.2) is 6.54 Å². The fraction of sp³-hybridized carbons (Fsp3) is 0.286. The molecule has 3 aromatic rings. The molecule has 2 nitrogen and oxygen atoms in total. The molecular formula is C21H19Br2F3N2. The highest BCUT2D eigenvalue weighted by Gasteiger charge is 2.32. The first-order chi connectivity index (χ1) is 12.9. The molecule has 4 rings (SSSR count). The summed E-state index contributed by atoms with van der Waals surface area (Å²) in [5.74, 6) is 0. The Morgan fingerprint density at radius 2 is 1.64 bits per heavy atom. The monoisotopic (exact) mass is 514 g/mol. The number of alkyl halides is 3. The minimum absolute atomic E-state index is 0. The molecule has 1 aromatic heterocycles. The molecule has 0 atom stereocenters. The molecule has 0 bridgehead atoms. The maximum absolute atomic E-state index is 13.2. The molecule has 2 heterocycles. The molecule has 28 heavy (non-hydrogen) atoms. The molecule has 0 fully saturated rings. The summed E-state index contributed by atoms with van der Waals surface area (Å²) < 4.78 is 44.9. The third kappa shape index (κ3) is 4.20. The Morgan fingerprint density at radius 1 is 0.893 bits per heavy atom. The van der Waals surface area contributed by atoms with Crippen LogP contribution in [0.1, 0.15) is 24.8 Å². The first-order valence-corrected chi connectivity index (χ1v) is 9.80. The van der Waals surface area contributed by atoms with Crippen molar-refractivity contribution in [2.75, 3.05) is 0 Å². The summed E-state index contributed by atoms with van der Waals surface area (Å²) in [6.07, 6.45) is -1.12. The average Bonchev–Trinajstić information content (AvgIpc) is 2.83. The van der Waals surface area contributed by atoms with Crippen molar-refractivity contribution in [3.05, 3.63) is 64.6 Å². The van der Waals surface area contributed by atoms with Gasteiger partial charge in [-0.15, -0.1) is 4.68 Å². The first kappa shape index (κ1) is 21.1. The maximum atomic E-state index is 13.2. The molecule has 0 saturated heterocycles. The van der Waals surface area contributed by atoms with Gasteiger partial charge in [0.25, 0.3) is 0 Å². The molecular weight excluding hydrogens is 497 g/mol. The highest BCUT2D eigenvalue weighted by molar-refractivity contribution is 9.10. The van der Waals surface area contributed by atoms with Gasteiger partial charge in [-0.05, 0) is 43.2 Å². The van der Waals surface area contributed by atoms with Crippen LogP contribution in [0.2, 0.25) is 0 Å². The number of benzene rings is 2. The van der Waals surface area contributed by atoms with E-state index in [9.17, 15) is 13.2 Å². The molecule has 0 radical (unpaired) electrons. The van der Waals surface area contributed by atoms with Crippen LogP contribution in [-0.2, 0) is 19.3 Å². The minimum atomic E-state index is -4.34. The van der Waals surface area contributed by atoms with E-state index < -0.39 is 11.7 Å². The summed E-state index contributed by atoms with van der Waals surface area (Å²) in [5, 5.41) is 0. The molecule has 0 saturated carbocycles. The van der Waals surface area contributed by atoms with E-state index in [1.54, 1.807) is 6.07 Å². The molecule has 2 aromatic carbocycles. The van der Waals surface area contributed by atoms with Gasteiger partial charge in [0.1, 0.15) is 5.69 Å². The van der Waals surface area contributed by atoms with Crippen LogP contribution >= 0.6 is 15.9 Å². The van der Waals surface area contributed by atoms with E-state index in [2.05, 4.69) is 25.3 Å². The lowest BCUT2D eigenvalue weighted by molar-refractivity contribution is -0.763. The highest BCUT2D eigenvalue weighted by Crippen LogP contribution is 2.33. The number of halogens is 5. The van der Waals surface area contributed by atoms with Crippen LogP contribution in [0.4, 0.5) is 13.2 Å². The number of aromatic nitrogens is 2. The van der Waals surface area contributed by atoms with E-state index in [0.717, 1.165) is 59.8 Å². The second kappa shape index (κ2) is 8.41. The van der Waals surface area contributed by atoms with Crippen molar-refractivity contribution in [1.29, 1.82) is 0 Å². The maximum Gasteiger partial charge on any atom is 0.416 e. The third-order valence-electron chi connectivity index (χ3n) is 4.99. The van der Waals surface area contributed by atoms with Crippen molar-refractivity contribution in [3.63, 3.8) is 0 Å². The summed E-state index contributed by atoms with van der Waals surface area (Å²) in [6, 6.07) is 15.7. The van der Waals surface area contributed by atoms with E-state index in [4.69, 9.17) is 0 Å². The number of nitrogens with zero attached hydrogens (tertiary/aromatic N) is 2. The summed E-state index contributed by atoms with van der Waals surface area (Å²) in [6.45, 7) is 1.67. The molecule has 148 valence electrons. The Hall–Kier alpha value is -1.60. The van der Waals surface area contributed by atoms with Crippen LogP contribution in [0.3, 0.4) is 0 Å². The van der Waals surface area contributed by atoms with Gasteiger partial charge in [-0.3, -0.25) is 0 Å². The van der Waals surface area contributed by atoms with Crippen molar-refractivity contribution in [3.8, 4) is 22.5 Å². The van der Waals surface area contributed by atoms with Crippen molar-refractivity contribution < 1.29 is 34.8 Å². The Bertz CT molecular complexity index is 963. The molecule has 0 aliphatic carbocycles. The van der Waals surface area contributed by atoms with Crippen molar-refractivity contribution in [2.24, 2.45) is 0 Å². The zero-order valence-corrected chi connectivity index (χ0v) is 18.2. The van der Waals surface area contributed by atoms with E-state index in [1.165, 1.54) is 12.1 Å². The van der Waals surface area contributed by atoms with Gasteiger partial charge in [0.05, 0.1) is 12.1 Å². The van der Waals surface area contributed by atoms with Crippen molar-refractivity contribution in [2.45, 2.75) is 38.5 Å². The Morgan fingerprint density at radius 3 is 2.36 bits per heavy atom. The average molecular weight is 516 g/mol. The van der Waals surface area contributed by atoms with Gasteiger partial charge in [-0.25, -0.2) is 0 Å². The van der Waals surface area contributed by atoms with Crippen LogP contribution in [0.15, 0.2) is 59.1 Å². The normalized spacial score (nSPS) is 14.1. The lowest BCUT2D eigenvalue weighted by Gasteiger charge is -2.07. The lowest BCUT2D eigenvalue weighted by atomic mass is 10.1. The first-order valence-electron chi connectivity index (χ1n) is 9.01. The van der Waals surface area contributed by atoms with E-state index in [1.807, 2.05) is 30.3 Å². The number of hydrogen-bond donors (Lipinski definition) is 0. The summed E-state index contributed by atoms with van der Waals surface area (Å²) in [7, 11) is 0. The van der Waals surface area contributed by atoms with Crippen LogP contribution in [0, 0.1) is 0 Å². The van der Waals surface area contributed by atoms with Gasteiger partial charge >= 0.3 is 6.18 Å². The topological polar surface area (TPSA) is 8.81 Å². The van der Waals surface area contributed by atoms with Crippen LogP contribution in [-0.4, -0.2) is 4.68 Å². The largest absolute Gasteiger partial charge is 1.00 e. The second-order valence-corrected chi connectivity index (χ2v) is 7.72. The minimum Gasteiger partial charge on any atom is -1.00 e. The highest BCUT2D eigenvalue weighted by atomic mass is 79.9. The molecule has 0 N–H and O–H groups in total. The number of hydrogen-bond acceptors (Lipinski definition) is 0. The zero-order valence-electron chi connectivity index (χ0n) is 15.0. The quantitative estimate of drug-likeness (QED) is 0.464. The molecule has 0 unspecified atom stereocenters. The Balaban J connectivity index is 0.00000225. The predicted octanol–water partition coefficient (Wildman–Crippen LogP) is 3.08. The van der Waals surface area contributed by atoms with Gasteiger partial charge < -0.3 is 17.0 Å². The summed E-state index contributed by atoms with van der Waals surface area (Å²) >= 11 is 3.46. The molecule has 7 heteroatoms. The summed E-state index contributed by atoms with van der Waals surface area (Å²) in [5.41, 5.74) is 2.92. The van der Waals surface area contributed by atoms with Crippen molar-refractivity contribution in [1.82, 2.24) is 4.68 Å². The van der Waals surface area contributed by atoms with Crippen LogP contribution in [0.25, 0.3) is 22.5 Å². The van der Waals surface area contributed by atoms with Gasteiger partial charge in [-0.2, -0.15) is 17.9 Å². The van der Waals surface area contributed by atoms with Gasteiger partial charge in [0, 0.05) is 28.1 Å². The lowest BCUT2D eigenvalue weighted by Crippen LogP contribution is -3.00. The molecule has 0 spiro atoms. The number of rotatable bonds is 2. The fourth-order valence-electron chi connectivity index (χ4n) is 3.66. The molecule has 0 amide bonds. The zero-order chi connectivity index (χ0) is 19.0. The fourth-order valence-corrected chi connectivity index (χ4v) is 3.93. The van der Waals surface area contributed by atoms with Gasteiger partial charge in [0.2, 0.25) is 5.69 Å². The standard InChI is InChI=1S/C21H19BrF3N2.BrH/c22-18-9-7-15(8-10-18)19-14-20(27-12-3-1-2-11-26(19)27)16-5-4-6-17(13-16)21(23,24)25;/h4-10,13-14H,1-3,11-12H2;1H/q+1;/p-1. The van der Waals surface area contributed by atoms with Gasteiger partial charge in [-0.1, -0.05) is 34.1 Å². The molecule has 1 aliphatic heterocycles. The summed E-state index contributed by atoms with van der Waals surface area (Å²) in [4.78, 5) is 0.